The van der Waals surface area contributed by atoms with Gasteiger partial charge >= 0.3 is 0 Å². The second kappa shape index (κ2) is 7.25. The van der Waals surface area contributed by atoms with Crippen molar-refractivity contribution in [1.29, 1.82) is 0 Å². The molecule has 1 N–H and O–H groups in total. The normalized spacial score (nSPS) is 23.2. The van der Waals surface area contributed by atoms with Crippen LogP contribution in [0.5, 0.6) is 0 Å². The van der Waals surface area contributed by atoms with Gasteiger partial charge in [0.1, 0.15) is 0 Å². The number of hydrogen-bond donors (Lipinski definition) is 1. The Balaban J connectivity index is 2.03. The molecule has 0 aliphatic carbocycles. The lowest BCUT2D eigenvalue weighted by molar-refractivity contribution is 0.0959. The van der Waals surface area contributed by atoms with Crippen LogP contribution in [0, 0.1) is 0 Å². The number of likely N-dealkylation sites (N-methyl/N-ethyl adjacent to an activating group) is 1. The van der Waals surface area contributed by atoms with E-state index in [2.05, 4.69) is 38.0 Å². The fourth-order valence-electron chi connectivity index (χ4n) is 2.05. The van der Waals surface area contributed by atoms with Gasteiger partial charge in [0.25, 0.3) is 0 Å². The van der Waals surface area contributed by atoms with E-state index >= 15 is 0 Å². The van der Waals surface area contributed by atoms with Crippen molar-refractivity contribution in [2.45, 2.75) is 58.2 Å². The van der Waals surface area contributed by atoms with Gasteiger partial charge in [0.15, 0.2) is 0 Å². The van der Waals surface area contributed by atoms with Crippen LogP contribution >= 0.6 is 0 Å². The predicted octanol–water partition coefficient (Wildman–Crippen LogP) is 1.87. The van der Waals surface area contributed by atoms with Crippen LogP contribution in [0.25, 0.3) is 0 Å². The standard InChI is InChI=1S/C13H28N2O/c1-11(2)15(4)8-7-14-12(3)10-13-6-5-9-16-13/h11-14H,5-10H2,1-4H3. The van der Waals surface area contributed by atoms with Crippen LogP contribution in [0.2, 0.25) is 0 Å². The number of nitrogens with zero attached hydrogens (tertiary/aromatic N) is 1. The van der Waals surface area contributed by atoms with Crippen LogP contribution in [-0.2, 0) is 4.74 Å². The number of ether oxygens (including phenoxy) is 1. The van der Waals surface area contributed by atoms with Crippen molar-refractivity contribution in [3.8, 4) is 0 Å². The highest BCUT2D eigenvalue weighted by Gasteiger charge is 2.17. The summed E-state index contributed by atoms with van der Waals surface area (Å²) in [4.78, 5) is 2.37. The Hall–Kier alpha value is -0.120. The summed E-state index contributed by atoms with van der Waals surface area (Å²) < 4.78 is 5.64. The zero-order valence-corrected chi connectivity index (χ0v) is 11.3. The molecule has 3 nitrogen and oxygen atoms in total. The van der Waals surface area contributed by atoms with Gasteiger partial charge in [-0.3, -0.25) is 0 Å². The van der Waals surface area contributed by atoms with Crippen LogP contribution in [0.3, 0.4) is 0 Å². The van der Waals surface area contributed by atoms with E-state index in [-0.39, 0.29) is 0 Å². The average Bonchev–Trinajstić information content (AvgIpc) is 2.70. The highest BCUT2D eigenvalue weighted by molar-refractivity contribution is 4.72. The molecule has 1 heterocycles. The minimum atomic E-state index is 0.505. The lowest BCUT2D eigenvalue weighted by atomic mass is 10.1. The van der Waals surface area contributed by atoms with E-state index < -0.39 is 0 Å². The Morgan fingerprint density at radius 3 is 2.69 bits per heavy atom. The first kappa shape index (κ1) is 13.9. The summed E-state index contributed by atoms with van der Waals surface area (Å²) in [6.45, 7) is 9.88. The molecule has 0 aromatic heterocycles. The van der Waals surface area contributed by atoms with Crippen molar-refractivity contribution in [3.63, 3.8) is 0 Å². The number of rotatable bonds is 7. The monoisotopic (exact) mass is 228 g/mol. The second-order valence-corrected chi connectivity index (χ2v) is 5.30. The predicted molar refractivity (Wildman–Crippen MR) is 68.8 cm³/mol. The largest absolute Gasteiger partial charge is 0.378 e. The average molecular weight is 228 g/mol. The molecule has 1 fully saturated rings. The quantitative estimate of drug-likeness (QED) is 0.720. The molecule has 3 heteroatoms. The van der Waals surface area contributed by atoms with E-state index in [1.165, 1.54) is 12.8 Å². The van der Waals surface area contributed by atoms with Crippen LogP contribution in [-0.4, -0.2) is 49.8 Å². The maximum Gasteiger partial charge on any atom is 0.0590 e. The van der Waals surface area contributed by atoms with Crippen molar-refractivity contribution < 1.29 is 4.74 Å². The van der Waals surface area contributed by atoms with Crippen molar-refractivity contribution in [2.75, 3.05) is 26.7 Å². The Morgan fingerprint density at radius 2 is 2.12 bits per heavy atom. The van der Waals surface area contributed by atoms with Gasteiger partial charge in [-0.15, -0.1) is 0 Å². The molecule has 1 saturated heterocycles. The van der Waals surface area contributed by atoms with Crippen molar-refractivity contribution in [1.82, 2.24) is 10.2 Å². The fraction of sp³-hybridized carbons (Fsp3) is 1.00. The Bertz CT molecular complexity index is 179. The summed E-state index contributed by atoms with van der Waals surface area (Å²) in [5.41, 5.74) is 0. The highest BCUT2D eigenvalue weighted by Crippen LogP contribution is 2.16. The van der Waals surface area contributed by atoms with Gasteiger partial charge in [-0.25, -0.2) is 0 Å². The smallest absolute Gasteiger partial charge is 0.0590 e. The maximum absolute atomic E-state index is 5.64. The van der Waals surface area contributed by atoms with Crippen molar-refractivity contribution >= 4 is 0 Å². The third kappa shape index (κ3) is 5.28. The lowest BCUT2D eigenvalue weighted by Gasteiger charge is -2.23. The molecule has 1 rings (SSSR count). The van der Waals surface area contributed by atoms with E-state index in [4.69, 9.17) is 4.74 Å². The van der Waals surface area contributed by atoms with Gasteiger partial charge in [-0.1, -0.05) is 0 Å². The zero-order chi connectivity index (χ0) is 12.0. The third-order valence-electron chi connectivity index (χ3n) is 3.48. The molecule has 2 unspecified atom stereocenters. The Labute approximate surface area is 101 Å². The summed E-state index contributed by atoms with van der Waals surface area (Å²) in [7, 11) is 2.18. The van der Waals surface area contributed by atoms with Gasteiger partial charge in [-0.2, -0.15) is 0 Å². The van der Waals surface area contributed by atoms with Crippen LogP contribution in [0.15, 0.2) is 0 Å². The molecule has 0 bridgehead atoms. The third-order valence-corrected chi connectivity index (χ3v) is 3.48. The molecule has 2 atom stereocenters. The second-order valence-electron chi connectivity index (χ2n) is 5.30. The summed E-state index contributed by atoms with van der Waals surface area (Å²) in [5, 5.41) is 3.57. The summed E-state index contributed by atoms with van der Waals surface area (Å²) >= 11 is 0. The van der Waals surface area contributed by atoms with Gasteiger partial charge in [-0.05, 0) is 47.1 Å². The molecular weight excluding hydrogens is 200 g/mol. The molecule has 1 aliphatic heterocycles. The van der Waals surface area contributed by atoms with Crippen LogP contribution in [0.4, 0.5) is 0 Å². The number of nitrogens with one attached hydrogen (secondary N) is 1. The minimum Gasteiger partial charge on any atom is -0.378 e. The SMILES string of the molecule is CC(CC1CCCO1)NCCN(C)C(C)C. The molecule has 0 radical (unpaired) electrons. The zero-order valence-electron chi connectivity index (χ0n) is 11.3. The minimum absolute atomic E-state index is 0.505. The molecule has 0 spiro atoms. The highest BCUT2D eigenvalue weighted by atomic mass is 16.5. The molecule has 16 heavy (non-hydrogen) atoms. The first-order valence-corrected chi connectivity index (χ1v) is 6.65. The van der Waals surface area contributed by atoms with E-state index in [0.29, 0.717) is 18.2 Å². The first-order valence-electron chi connectivity index (χ1n) is 6.65. The fourth-order valence-corrected chi connectivity index (χ4v) is 2.05. The Morgan fingerprint density at radius 1 is 1.38 bits per heavy atom. The molecular formula is C13H28N2O. The van der Waals surface area contributed by atoms with E-state index in [1.807, 2.05) is 0 Å². The molecule has 0 amide bonds. The van der Waals surface area contributed by atoms with Crippen LogP contribution in [0.1, 0.15) is 40.0 Å². The van der Waals surface area contributed by atoms with Crippen molar-refractivity contribution in [2.24, 2.45) is 0 Å². The van der Waals surface area contributed by atoms with Crippen molar-refractivity contribution in [3.05, 3.63) is 0 Å². The molecule has 96 valence electrons. The van der Waals surface area contributed by atoms with Gasteiger partial charge in [0.05, 0.1) is 6.10 Å². The molecule has 0 aromatic carbocycles. The molecule has 0 saturated carbocycles. The first-order chi connectivity index (χ1) is 7.59. The molecule has 0 aromatic rings. The lowest BCUT2D eigenvalue weighted by Crippen LogP contribution is -2.38. The summed E-state index contributed by atoms with van der Waals surface area (Å²) in [6.07, 6.45) is 4.15. The van der Waals surface area contributed by atoms with E-state index in [1.54, 1.807) is 0 Å². The number of hydrogen-bond acceptors (Lipinski definition) is 3. The van der Waals surface area contributed by atoms with Crippen LogP contribution < -0.4 is 5.32 Å². The van der Waals surface area contributed by atoms with E-state index in [0.717, 1.165) is 26.1 Å². The Kier molecular flexibility index (Phi) is 6.32. The summed E-state index contributed by atoms with van der Waals surface area (Å²) in [6, 6.07) is 1.21. The maximum atomic E-state index is 5.64. The van der Waals surface area contributed by atoms with Gasteiger partial charge in [0, 0.05) is 31.8 Å². The van der Waals surface area contributed by atoms with E-state index in [9.17, 15) is 0 Å². The molecule has 1 aliphatic rings. The van der Waals surface area contributed by atoms with Gasteiger partial charge in [0.2, 0.25) is 0 Å². The van der Waals surface area contributed by atoms with Gasteiger partial charge < -0.3 is 15.0 Å². The topological polar surface area (TPSA) is 24.5 Å². The summed E-state index contributed by atoms with van der Waals surface area (Å²) in [5.74, 6) is 0.